The number of aryl methyl sites for hydroxylation is 1. The molecule has 1 aromatic heterocycles. The van der Waals surface area contributed by atoms with Gasteiger partial charge in [0.25, 0.3) is 5.91 Å². The number of hydrogen-bond acceptors (Lipinski definition) is 4. The van der Waals surface area contributed by atoms with E-state index in [0.717, 1.165) is 17.0 Å². The molecule has 1 aliphatic heterocycles. The maximum atomic E-state index is 12.7. The van der Waals surface area contributed by atoms with Crippen LogP contribution in [0, 0.1) is 6.92 Å². The molecule has 1 saturated heterocycles. The summed E-state index contributed by atoms with van der Waals surface area (Å²) in [5, 5.41) is 0. The van der Waals surface area contributed by atoms with Gasteiger partial charge in [-0.2, -0.15) is 13.2 Å². The number of ketones is 1. The number of halogens is 3. The fourth-order valence-electron chi connectivity index (χ4n) is 3.23. The first-order valence-electron chi connectivity index (χ1n) is 9.49. The molecule has 1 aromatic carbocycles. The molecule has 9 heteroatoms. The topological polar surface area (TPSA) is 57.7 Å². The van der Waals surface area contributed by atoms with Crippen LogP contribution in [0.1, 0.15) is 43.3 Å². The quantitative estimate of drug-likeness (QED) is 0.663. The Bertz CT molecular complexity index is 930. The Morgan fingerprint density at radius 2 is 1.50 bits per heavy atom. The lowest BCUT2D eigenvalue weighted by Crippen LogP contribution is -2.50. The largest absolute Gasteiger partial charge is 0.416 e. The van der Waals surface area contributed by atoms with Gasteiger partial charge in [-0.3, -0.25) is 14.4 Å². The standard InChI is InChI=1S/C21H21F3N2O3S/c1-14-2-8-18(30-14)17(27)7-9-19(28)25-10-12-26(13-11-25)20(29)15-3-5-16(6-4-15)21(22,23)24/h2-6,8H,7,9-13H2,1H3. The van der Waals surface area contributed by atoms with Crippen LogP contribution in [0.15, 0.2) is 36.4 Å². The van der Waals surface area contributed by atoms with Gasteiger partial charge >= 0.3 is 6.18 Å². The lowest BCUT2D eigenvalue weighted by atomic mass is 10.1. The zero-order chi connectivity index (χ0) is 21.9. The van der Waals surface area contributed by atoms with E-state index < -0.39 is 11.7 Å². The number of hydrogen-bond donors (Lipinski definition) is 0. The van der Waals surface area contributed by atoms with E-state index in [1.807, 2.05) is 13.0 Å². The van der Waals surface area contributed by atoms with Crippen LogP contribution in [-0.4, -0.2) is 53.6 Å². The van der Waals surface area contributed by atoms with E-state index in [1.54, 1.807) is 11.0 Å². The van der Waals surface area contributed by atoms with Crippen molar-refractivity contribution in [1.82, 2.24) is 9.80 Å². The summed E-state index contributed by atoms with van der Waals surface area (Å²) in [4.78, 5) is 41.9. The van der Waals surface area contributed by atoms with Crippen molar-refractivity contribution in [1.29, 1.82) is 0 Å². The van der Waals surface area contributed by atoms with Crippen LogP contribution < -0.4 is 0 Å². The molecule has 5 nitrogen and oxygen atoms in total. The summed E-state index contributed by atoms with van der Waals surface area (Å²) >= 11 is 1.41. The molecule has 0 atom stereocenters. The van der Waals surface area contributed by atoms with Gasteiger partial charge in [0.1, 0.15) is 0 Å². The fraction of sp³-hybridized carbons (Fsp3) is 0.381. The molecular formula is C21H21F3N2O3S. The van der Waals surface area contributed by atoms with E-state index in [-0.39, 0.29) is 36.0 Å². The second-order valence-corrected chi connectivity index (χ2v) is 8.37. The minimum absolute atomic E-state index is 0.0578. The maximum Gasteiger partial charge on any atom is 0.416 e. The van der Waals surface area contributed by atoms with Crippen LogP contribution in [0.5, 0.6) is 0 Å². The molecule has 0 saturated carbocycles. The predicted octanol–water partition coefficient (Wildman–Crippen LogP) is 4.02. The molecule has 2 heterocycles. The van der Waals surface area contributed by atoms with E-state index >= 15 is 0 Å². The van der Waals surface area contributed by atoms with Crippen molar-refractivity contribution in [3.63, 3.8) is 0 Å². The summed E-state index contributed by atoms with van der Waals surface area (Å²) in [6.45, 7) is 3.17. The number of rotatable bonds is 5. The third-order valence-corrected chi connectivity index (χ3v) is 6.00. The third-order valence-electron chi connectivity index (χ3n) is 4.96. The molecule has 1 fully saturated rings. The third kappa shape index (κ3) is 5.27. The number of amides is 2. The first kappa shape index (κ1) is 22.0. The molecule has 2 aromatic rings. The molecule has 0 aliphatic carbocycles. The summed E-state index contributed by atoms with van der Waals surface area (Å²) in [5.41, 5.74) is -0.624. The molecule has 0 spiro atoms. The van der Waals surface area contributed by atoms with Gasteiger partial charge in [-0.1, -0.05) is 0 Å². The zero-order valence-corrected chi connectivity index (χ0v) is 17.2. The number of carbonyl (C=O) groups excluding carboxylic acids is 3. The van der Waals surface area contributed by atoms with Gasteiger partial charge in [0.2, 0.25) is 5.91 Å². The van der Waals surface area contributed by atoms with Crippen molar-refractivity contribution >= 4 is 28.9 Å². The van der Waals surface area contributed by atoms with Crippen LogP contribution in [-0.2, 0) is 11.0 Å². The van der Waals surface area contributed by atoms with Crippen molar-refractivity contribution in [2.45, 2.75) is 25.9 Å². The monoisotopic (exact) mass is 438 g/mol. The maximum absolute atomic E-state index is 12.7. The normalized spacial score (nSPS) is 14.7. The first-order chi connectivity index (χ1) is 14.1. The van der Waals surface area contributed by atoms with Crippen molar-refractivity contribution in [2.75, 3.05) is 26.2 Å². The fourth-order valence-corrected chi connectivity index (χ4v) is 4.06. The van der Waals surface area contributed by atoms with Crippen LogP contribution in [0.25, 0.3) is 0 Å². The predicted molar refractivity (Wildman–Crippen MR) is 107 cm³/mol. The van der Waals surface area contributed by atoms with Crippen molar-refractivity contribution < 1.29 is 27.6 Å². The highest BCUT2D eigenvalue weighted by Gasteiger charge is 2.31. The Labute approximate surface area is 176 Å². The second kappa shape index (κ2) is 8.99. The Hall–Kier alpha value is -2.68. The van der Waals surface area contributed by atoms with E-state index in [2.05, 4.69) is 0 Å². The van der Waals surface area contributed by atoms with Gasteiger partial charge in [0, 0.05) is 49.5 Å². The van der Waals surface area contributed by atoms with Crippen molar-refractivity contribution in [3.05, 3.63) is 57.3 Å². The molecule has 2 amide bonds. The highest BCUT2D eigenvalue weighted by atomic mass is 32.1. The van der Waals surface area contributed by atoms with Crippen molar-refractivity contribution in [2.24, 2.45) is 0 Å². The van der Waals surface area contributed by atoms with Gasteiger partial charge in [-0.05, 0) is 43.3 Å². The van der Waals surface area contributed by atoms with Gasteiger partial charge in [-0.15, -0.1) is 11.3 Å². The molecule has 0 unspecified atom stereocenters. The number of thiophene rings is 1. The lowest BCUT2D eigenvalue weighted by Gasteiger charge is -2.35. The van der Waals surface area contributed by atoms with Crippen LogP contribution in [0.4, 0.5) is 13.2 Å². The number of nitrogens with zero attached hydrogens (tertiary/aromatic N) is 2. The lowest BCUT2D eigenvalue weighted by molar-refractivity contribution is -0.137. The Morgan fingerprint density at radius 3 is 2.03 bits per heavy atom. The summed E-state index contributed by atoms with van der Waals surface area (Å²) in [7, 11) is 0. The summed E-state index contributed by atoms with van der Waals surface area (Å²) in [6.07, 6.45) is -4.19. The summed E-state index contributed by atoms with van der Waals surface area (Å²) in [5.74, 6) is -0.560. The minimum Gasteiger partial charge on any atom is -0.339 e. The molecule has 0 N–H and O–H groups in total. The molecule has 30 heavy (non-hydrogen) atoms. The number of carbonyl (C=O) groups is 3. The van der Waals surface area contributed by atoms with E-state index in [4.69, 9.17) is 0 Å². The first-order valence-corrected chi connectivity index (χ1v) is 10.3. The Morgan fingerprint density at radius 1 is 0.900 bits per heavy atom. The second-order valence-electron chi connectivity index (χ2n) is 7.08. The van der Waals surface area contributed by atoms with Gasteiger partial charge in [0.05, 0.1) is 10.4 Å². The molecule has 0 bridgehead atoms. The highest BCUT2D eigenvalue weighted by molar-refractivity contribution is 7.14. The zero-order valence-electron chi connectivity index (χ0n) is 16.4. The van der Waals surface area contributed by atoms with Crippen molar-refractivity contribution in [3.8, 4) is 0 Å². The number of benzene rings is 1. The van der Waals surface area contributed by atoms with Gasteiger partial charge in [-0.25, -0.2) is 0 Å². The van der Waals surface area contributed by atoms with E-state index in [1.165, 1.54) is 28.4 Å². The highest BCUT2D eigenvalue weighted by Crippen LogP contribution is 2.29. The van der Waals surface area contributed by atoms with Crippen LogP contribution in [0.3, 0.4) is 0 Å². The van der Waals surface area contributed by atoms with Crippen LogP contribution >= 0.6 is 11.3 Å². The summed E-state index contributed by atoms with van der Waals surface area (Å²) < 4.78 is 38.0. The minimum atomic E-state index is -4.45. The van der Waals surface area contributed by atoms with Crippen LogP contribution in [0.2, 0.25) is 0 Å². The molecule has 0 radical (unpaired) electrons. The number of Topliss-reactive ketones (excluding diaryl/α,β-unsaturated/α-hetero) is 1. The van der Waals surface area contributed by atoms with Gasteiger partial charge in [0.15, 0.2) is 5.78 Å². The summed E-state index contributed by atoms with van der Waals surface area (Å²) in [6, 6.07) is 7.74. The molecule has 1 aliphatic rings. The number of piperazine rings is 1. The SMILES string of the molecule is Cc1ccc(C(=O)CCC(=O)N2CCN(C(=O)c3ccc(C(F)(F)F)cc3)CC2)s1. The van der Waals surface area contributed by atoms with Gasteiger partial charge < -0.3 is 9.80 Å². The molecule has 3 rings (SSSR count). The Balaban J connectivity index is 1.48. The molecule has 160 valence electrons. The van der Waals surface area contributed by atoms with E-state index in [9.17, 15) is 27.6 Å². The average Bonchev–Trinajstić information content (AvgIpc) is 3.17. The van der Waals surface area contributed by atoms with E-state index in [0.29, 0.717) is 31.1 Å². The number of alkyl halides is 3. The average molecular weight is 438 g/mol. The smallest absolute Gasteiger partial charge is 0.339 e. The Kier molecular flexibility index (Phi) is 6.60. The molecular weight excluding hydrogens is 417 g/mol.